The largest absolute Gasteiger partial charge is 0.486 e. The quantitative estimate of drug-likeness (QED) is 0.768. The molecular formula is C14H15ClN2O. The van der Waals surface area contributed by atoms with Crippen LogP contribution in [0.2, 0.25) is 5.15 Å². The van der Waals surface area contributed by atoms with E-state index in [0.717, 1.165) is 18.1 Å². The number of halogens is 1. The van der Waals surface area contributed by atoms with Crippen LogP contribution in [0, 0.1) is 11.8 Å². The summed E-state index contributed by atoms with van der Waals surface area (Å²) in [5.74, 6) is 2.34. The van der Waals surface area contributed by atoms with Crippen LogP contribution in [0.3, 0.4) is 0 Å². The van der Waals surface area contributed by atoms with E-state index in [9.17, 15) is 0 Å². The number of rotatable bonds is 2. The lowest BCUT2D eigenvalue weighted by atomic mass is 9.65. The molecule has 0 saturated heterocycles. The number of hydrogen-bond acceptors (Lipinski definition) is 3. The second-order valence-corrected chi connectivity index (χ2v) is 6.05. The Bertz CT molecular complexity index is 499. The van der Waals surface area contributed by atoms with E-state index in [1.807, 2.05) is 6.07 Å². The first kappa shape index (κ1) is 10.8. The summed E-state index contributed by atoms with van der Waals surface area (Å²) in [6, 6.07) is 4.05. The highest BCUT2D eigenvalue weighted by Crippen LogP contribution is 2.45. The Morgan fingerprint density at radius 1 is 1.22 bits per heavy atom. The van der Waals surface area contributed by atoms with Crippen LogP contribution in [-0.2, 0) is 0 Å². The molecule has 2 aliphatic heterocycles. The number of ether oxygens (including phenoxy) is 1. The summed E-state index contributed by atoms with van der Waals surface area (Å²) in [5, 5.41) is 0.507. The minimum Gasteiger partial charge on any atom is -0.486 e. The highest BCUT2D eigenvalue weighted by atomic mass is 35.5. The van der Waals surface area contributed by atoms with Gasteiger partial charge >= 0.3 is 0 Å². The van der Waals surface area contributed by atoms with Gasteiger partial charge in [-0.3, -0.25) is 4.99 Å². The van der Waals surface area contributed by atoms with Crippen LogP contribution in [0.25, 0.3) is 0 Å². The standard InChI is InChI=1S/C14H15ClN2O/c15-13-2-1-11(7-16-13)18-14-9-3-8-4-10(6-9)17-12(14)5-8/h1-2,7-9,12,14H,3-6H2/t8?,9?,12?,14-/m0/s1. The minimum atomic E-state index is 0.244. The van der Waals surface area contributed by atoms with Crippen molar-refractivity contribution in [2.75, 3.05) is 0 Å². The number of pyridine rings is 1. The van der Waals surface area contributed by atoms with Gasteiger partial charge in [-0.25, -0.2) is 4.98 Å². The fourth-order valence-electron chi connectivity index (χ4n) is 3.76. The molecule has 1 aromatic heterocycles. The zero-order valence-electron chi connectivity index (χ0n) is 10.1. The van der Waals surface area contributed by atoms with Crippen LogP contribution in [0.4, 0.5) is 0 Å². The molecular weight excluding hydrogens is 248 g/mol. The smallest absolute Gasteiger partial charge is 0.138 e. The maximum absolute atomic E-state index is 6.12. The second-order valence-electron chi connectivity index (χ2n) is 5.67. The number of nitrogens with zero attached hydrogens (tertiary/aromatic N) is 2. The van der Waals surface area contributed by atoms with Crippen LogP contribution >= 0.6 is 11.6 Å². The zero-order valence-corrected chi connectivity index (χ0v) is 10.8. The van der Waals surface area contributed by atoms with Crippen molar-refractivity contribution < 1.29 is 4.74 Å². The van der Waals surface area contributed by atoms with Crippen LogP contribution < -0.4 is 4.74 Å². The molecule has 0 aromatic carbocycles. The predicted molar refractivity (Wildman–Crippen MR) is 70.3 cm³/mol. The van der Waals surface area contributed by atoms with Crippen molar-refractivity contribution >= 4 is 17.3 Å². The van der Waals surface area contributed by atoms with Crippen molar-refractivity contribution in [2.24, 2.45) is 16.8 Å². The Balaban J connectivity index is 1.57. The summed E-state index contributed by atoms with van der Waals surface area (Å²) in [7, 11) is 0. The number of aliphatic imine (C=N–C) groups is 1. The summed E-state index contributed by atoms with van der Waals surface area (Å²) >= 11 is 5.79. The first-order valence-corrected chi connectivity index (χ1v) is 6.99. The molecule has 94 valence electrons. The third-order valence-corrected chi connectivity index (χ3v) is 4.62. The molecule has 2 aliphatic carbocycles. The van der Waals surface area contributed by atoms with Gasteiger partial charge in [-0.2, -0.15) is 0 Å². The van der Waals surface area contributed by atoms with Gasteiger partial charge in [0.05, 0.1) is 12.2 Å². The Morgan fingerprint density at radius 2 is 2.17 bits per heavy atom. The average Bonchev–Trinajstić information content (AvgIpc) is 2.35. The van der Waals surface area contributed by atoms with Crippen molar-refractivity contribution in [2.45, 2.75) is 37.8 Å². The molecule has 0 amide bonds. The van der Waals surface area contributed by atoms with Crippen LogP contribution in [0.5, 0.6) is 5.75 Å². The molecule has 5 rings (SSSR count). The van der Waals surface area contributed by atoms with Gasteiger partial charge in [0.25, 0.3) is 0 Å². The maximum Gasteiger partial charge on any atom is 0.138 e. The Morgan fingerprint density at radius 3 is 2.89 bits per heavy atom. The van der Waals surface area contributed by atoms with E-state index >= 15 is 0 Å². The van der Waals surface area contributed by atoms with Crippen molar-refractivity contribution in [3.63, 3.8) is 0 Å². The zero-order chi connectivity index (χ0) is 12.1. The van der Waals surface area contributed by atoms with Gasteiger partial charge in [-0.1, -0.05) is 11.6 Å². The average molecular weight is 263 g/mol. The lowest BCUT2D eigenvalue weighted by Gasteiger charge is -2.48. The fraction of sp³-hybridized carbons (Fsp3) is 0.571. The van der Waals surface area contributed by atoms with E-state index < -0.39 is 0 Å². The molecule has 2 saturated carbocycles. The molecule has 4 heteroatoms. The van der Waals surface area contributed by atoms with E-state index in [1.165, 1.54) is 25.0 Å². The molecule has 3 nitrogen and oxygen atoms in total. The van der Waals surface area contributed by atoms with Crippen molar-refractivity contribution in [1.82, 2.24) is 4.98 Å². The van der Waals surface area contributed by atoms with Gasteiger partial charge in [0, 0.05) is 11.6 Å². The highest BCUT2D eigenvalue weighted by Gasteiger charge is 2.46. The first-order chi connectivity index (χ1) is 8.78. The van der Waals surface area contributed by atoms with Gasteiger partial charge in [0.2, 0.25) is 0 Å². The topological polar surface area (TPSA) is 34.5 Å². The van der Waals surface area contributed by atoms with Crippen LogP contribution in [0.15, 0.2) is 23.3 Å². The van der Waals surface area contributed by atoms with Crippen LogP contribution in [0.1, 0.15) is 25.7 Å². The minimum absolute atomic E-state index is 0.244. The summed E-state index contributed by atoms with van der Waals surface area (Å²) in [5.41, 5.74) is 1.43. The van der Waals surface area contributed by atoms with E-state index in [4.69, 9.17) is 21.3 Å². The fourth-order valence-corrected chi connectivity index (χ4v) is 3.88. The van der Waals surface area contributed by atoms with Gasteiger partial charge in [-0.05, 0) is 43.7 Å². The molecule has 4 atom stereocenters. The van der Waals surface area contributed by atoms with Crippen molar-refractivity contribution in [3.8, 4) is 5.75 Å². The lowest BCUT2D eigenvalue weighted by molar-refractivity contribution is 0.0357. The third-order valence-electron chi connectivity index (χ3n) is 4.40. The maximum atomic E-state index is 6.12. The third kappa shape index (κ3) is 1.72. The van der Waals surface area contributed by atoms with E-state index in [2.05, 4.69) is 4.98 Å². The molecule has 0 spiro atoms. The van der Waals surface area contributed by atoms with Gasteiger partial charge in [0.1, 0.15) is 17.0 Å². The molecule has 4 aliphatic rings. The van der Waals surface area contributed by atoms with Crippen molar-refractivity contribution in [1.29, 1.82) is 0 Å². The Kier molecular flexibility index (Phi) is 2.37. The van der Waals surface area contributed by atoms with Gasteiger partial charge in [0.15, 0.2) is 0 Å². The molecule has 0 N–H and O–H groups in total. The summed E-state index contributed by atoms with van der Waals surface area (Å²) in [6.45, 7) is 0. The number of aromatic nitrogens is 1. The molecule has 4 bridgehead atoms. The second kappa shape index (κ2) is 3.95. The van der Waals surface area contributed by atoms with E-state index in [-0.39, 0.29) is 6.10 Å². The monoisotopic (exact) mass is 262 g/mol. The molecule has 2 fully saturated rings. The summed E-state index contributed by atoms with van der Waals surface area (Å²) in [6.07, 6.45) is 6.84. The lowest BCUT2D eigenvalue weighted by Crippen LogP contribution is -2.51. The predicted octanol–water partition coefficient (Wildman–Crippen LogP) is 3.13. The Hall–Kier alpha value is -1.09. The van der Waals surface area contributed by atoms with Crippen molar-refractivity contribution in [3.05, 3.63) is 23.5 Å². The summed E-state index contributed by atoms with van der Waals surface area (Å²) in [4.78, 5) is 8.88. The van der Waals surface area contributed by atoms with Gasteiger partial charge in [-0.15, -0.1) is 0 Å². The molecule has 18 heavy (non-hydrogen) atoms. The molecule has 1 aromatic rings. The SMILES string of the molecule is Clc1ccc(O[C@H]2C3CC4=NC2CC(C4)C3)cn1. The Labute approximate surface area is 111 Å². The number of hydrogen-bond donors (Lipinski definition) is 0. The molecule has 3 unspecified atom stereocenters. The normalized spacial score (nSPS) is 36.6. The highest BCUT2D eigenvalue weighted by molar-refractivity contribution is 6.29. The van der Waals surface area contributed by atoms with Gasteiger partial charge < -0.3 is 4.74 Å². The van der Waals surface area contributed by atoms with Crippen LogP contribution in [-0.4, -0.2) is 22.8 Å². The molecule has 0 radical (unpaired) electrons. The summed E-state index contributed by atoms with van der Waals surface area (Å²) < 4.78 is 6.12. The van der Waals surface area contributed by atoms with E-state index in [0.29, 0.717) is 17.1 Å². The van der Waals surface area contributed by atoms with E-state index in [1.54, 1.807) is 12.3 Å². The first-order valence-electron chi connectivity index (χ1n) is 6.62. The molecule has 3 heterocycles.